The Balaban J connectivity index is 2.73. The average Bonchev–Trinajstić information content (AvgIpc) is 2.17. The summed E-state index contributed by atoms with van der Waals surface area (Å²) < 4.78 is 0. The molecular weight excluding hydrogens is 202 g/mol. The van der Waals surface area contributed by atoms with Gasteiger partial charge in [-0.3, -0.25) is 4.79 Å². The number of amides is 1. The molecule has 94 valence electrons. The number of piperidine rings is 1. The maximum Gasteiger partial charge on any atom is 0.239 e. The molecule has 0 saturated carbocycles. The second-order valence-corrected chi connectivity index (χ2v) is 5.19. The van der Waals surface area contributed by atoms with E-state index in [1.807, 2.05) is 4.90 Å². The number of nitrogens with zero attached hydrogens (tertiary/aromatic N) is 2. The highest BCUT2D eigenvalue weighted by Gasteiger charge is 2.30. The van der Waals surface area contributed by atoms with E-state index in [-0.39, 0.29) is 11.9 Å². The van der Waals surface area contributed by atoms with E-state index in [0.717, 1.165) is 25.9 Å². The van der Waals surface area contributed by atoms with Crippen LogP contribution >= 0.6 is 0 Å². The monoisotopic (exact) mass is 227 g/mol. The largest absolute Gasteiger partial charge is 0.335 e. The van der Waals surface area contributed by atoms with Gasteiger partial charge in [-0.2, -0.15) is 0 Å². The molecule has 1 rings (SSSR count). The summed E-state index contributed by atoms with van der Waals surface area (Å²) in [5.74, 6) is 0.0790. The molecule has 1 aliphatic heterocycles. The number of carbonyl (C=O) groups excluding carboxylic acids is 1. The molecule has 1 saturated heterocycles. The van der Waals surface area contributed by atoms with E-state index in [4.69, 9.17) is 5.73 Å². The van der Waals surface area contributed by atoms with Crippen molar-refractivity contribution in [2.24, 2.45) is 5.73 Å². The molecule has 1 fully saturated rings. The first-order valence-corrected chi connectivity index (χ1v) is 6.19. The Morgan fingerprint density at radius 3 is 2.50 bits per heavy atom. The van der Waals surface area contributed by atoms with E-state index in [9.17, 15) is 4.79 Å². The van der Waals surface area contributed by atoms with E-state index < -0.39 is 6.04 Å². The molecule has 1 unspecified atom stereocenters. The van der Waals surface area contributed by atoms with Crippen LogP contribution in [0.5, 0.6) is 0 Å². The molecule has 0 aromatic heterocycles. The van der Waals surface area contributed by atoms with Crippen LogP contribution in [0.25, 0.3) is 0 Å². The number of hydrogen-bond donors (Lipinski definition) is 1. The summed E-state index contributed by atoms with van der Waals surface area (Å²) in [7, 11) is 2.11. The second kappa shape index (κ2) is 5.64. The summed E-state index contributed by atoms with van der Waals surface area (Å²) in [4.78, 5) is 16.3. The topological polar surface area (TPSA) is 49.6 Å². The fourth-order valence-electron chi connectivity index (χ4n) is 2.46. The fraction of sp³-hybridized carbons (Fsp3) is 0.917. The van der Waals surface area contributed by atoms with Crippen molar-refractivity contribution < 1.29 is 4.79 Å². The third-order valence-corrected chi connectivity index (χ3v) is 3.19. The maximum atomic E-state index is 12.1. The molecule has 0 aliphatic carbocycles. The number of rotatable bonds is 3. The fourth-order valence-corrected chi connectivity index (χ4v) is 2.46. The zero-order valence-corrected chi connectivity index (χ0v) is 10.9. The van der Waals surface area contributed by atoms with Crippen LogP contribution in [-0.2, 0) is 4.79 Å². The van der Waals surface area contributed by atoms with Crippen LogP contribution in [-0.4, -0.2) is 54.0 Å². The number of nitrogens with two attached hydrogens (primary N) is 1. The van der Waals surface area contributed by atoms with Crippen molar-refractivity contribution in [2.75, 3.05) is 20.1 Å². The van der Waals surface area contributed by atoms with Crippen LogP contribution in [0.4, 0.5) is 0 Å². The summed E-state index contributed by atoms with van der Waals surface area (Å²) >= 11 is 0. The molecule has 4 nitrogen and oxygen atoms in total. The third-order valence-electron chi connectivity index (χ3n) is 3.19. The van der Waals surface area contributed by atoms with Crippen molar-refractivity contribution in [2.45, 2.75) is 51.7 Å². The van der Waals surface area contributed by atoms with Gasteiger partial charge in [-0.25, -0.2) is 0 Å². The molecule has 1 aliphatic rings. The Hall–Kier alpha value is -0.610. The van der Waals surface area contributed by atoms with Crippen molar-refractivity contribution in [3.05, 3.63) is 0 Å². The van der Waals surface area contributed by atoms with Gasteiger partial charge in [0, 0.05) is 18.6 Å². The van der Waals surface area contributed by atoms with Gasteiger partial charge in [0.25, 0.3) is 0 Å². The lowest BCUT2D eigenvalue weighted by atomic mass is 10.0. The molecule has 1 amide bonds. The predicted octanol–water partition coefficient (Wildman–Crippen LogP) is 0.665. The normalized spacial score (nSPS) is 24.5. The summed E-state index contributed by atoms with van der Waals surface area (Å²) in [6.45, 7) is 8.00. The molecule has 0 bridgehead atoms. The van der Waals surface area contributed by atoms with Crippen molar-refractivity contribution in [3.63, 3.8) is 0 Å². The van der Waals surface area contributed by atoms with Gasteiger partial charge in [0.2, 0.25) is 5.91 Å². The average molecular weight is 227 g/mol. The van der Waals surface area contributed by atoms with Gasteiger partial charge in [0.1, 0.15) is 0 Å². The second-order valence-electron chi connectivity index (χ2n) is 5.19. The van der Waals surface area contributed by atoms with Gasteiger partial charge in [-0.15, -0.1) is 0 Å². The summed E-state index contributed by atoms with van der Waals surface area (Å²) in [6.07, 6.45) is 2.26. The summed E-state index contributed by atoms with van der Waals surface area (Å²) in [5, 5.41) is 0. The minimum Gasteiger partial charge on any atom is -0.335 e. The van der Waals surface area contributed by atoms with E-state index >= 15 is 0 Å². The van der Waals surface area contributed by atoms with Gasteiger partial charge >= 0.3 is 0 Å². The minimum atomic E-state index is -0.394. The number of likely N-dealkylation sites (tertiary alicyclic amines) is 1. The van der Waals surface area contributed by atoms with Gasteiger partial charge in [-0.05, 0) is 47.2 Å². The molecule has 1 heterocycles. The lowest BCUT2D eigenvalue weighted by Crippen LogP contribution is -2.55. The Bertz CT molecular complexity index is 240. The first kappa shape index (κ1) is 13.5. The molecule has 4 heteroatoms. The summed E-state index contributed by atoms with van der Waals surface area (Å²) in [5.41, 5.74) is 5.71. The van der Waals surface area contributed by atoms with Crippen molar-refractivity contribution in [1.82, 2.24) is 9.80 Å². The first-order valence-electron chi connectivity index (χ1n) is 6.19. The minimum absolute atomic E-state index is 0.0790. The molecule has 2 N–H and O–H groups in total. The van der Waals surface area contributed by atoms with Crippen LogP contribution in [0.15, 0.2) is 0 Å². The molecule has 2 atom stereocenters. The number of likely N-dealkylation sites (N-methyl/N-ethyl adjacent to an activating group) is 1. The lowest BCUT2D eigenvalue weighted by Gasteiger charge is -2.41. The molecule has 0 aromatic carbocycles. The molecule has 0 spiro atoms. The van der Waals surface area contributed by atoms with Crippen LogP contribution in [0.2, 0.25) is 0 Å². The molecule has 0 aromatic rings. The van der Waals surface area contributed by atoms with Crippen molar-refractivity contribution in [1.29, 1.82) is 0 Å². The SMILES string of the molecule is CC(N)C(=O)N(C(C)C)[C@H]1CCCN(C)C1. The Morgan fingerprint density at radius 2 is 2.06 bits per heavy atom. The van der Waals surface area contributed by atoms with Gasteiger partial charge in [0.15, 0.2) is 0 Å². The number of carbonyl (C=O) groups is 1. The van der Waals surface area contributed by atoms with Crippen LogP contribution in [0, 0.1) is 0 Å². The Morgan fingerprint density at radius 1 is 1.44 bits per heavy atom. The zero-order chi connectivity index (χ0) is 12.3. The van der Waals surface area contributed by atoms with Gasteiger partial charge < -0.3 is 15.5 Å². The van der Waals surface area contributed by atoms with Crippen LogP contribution in [0.1, 0.15) is 33.6 Å². The molecule has 0 radical (unpaired) electrons. The highest BCUT2D eigenvalue weighted by atomic mass is 16.2. The molecular formula is C12H25N3O. The Labute approximate surface area is 98.8 Å². The van der Waals surface area contributed by atoms with Gasteiger partial charge in [-0.1, -0.05) is 0 Å². The van der Waals surface area contributed by atoms with E-state index in [1.54, 1.807) is 6.92 Å². The zero-order valence-electron chi connectivity index (χ0n) is 10.9. The first-order chi connectivity index (χ1) is 7.43. The highest BCUT2D eigenvalue weighted by Crippen LogP contribution is 2.18. The van der Waals surface area contributed by atoms with Crippen molar-refractivity contribution >= 4 is 5.91 Å². The highest BCUT2D eigenvalue weighted by molar-refractivity contribution is 5.81. The van der Waals surface area contributed by atoms with Crippen LogP contribution in [0.3, 0.4) is 0 Å². The van der Waals surface area contributed by atoms with E-state index in [1.165, 1.54) is 0 Å². The standard InChI is InChI=1S/C12H25N3O/c1-9(2)15(12(16)10(3)13)11-6-5-7-14(4)8-11/h9-11H,5-8,13H2,1-4H3/t10?,11-/m0/s1. The lowest BCUT2D eigenvalue weighted by molar-refractivity contribution is -0.137. The maximum absolute atomic E-state index is 12.1. The smallest absolute Gasteiger partial charge is 0.239 e. The van der Waals surface area contributed by atoms with E-state index in [0.29, 0.717) is 6.04 Å². The molecule has 16 heavy (non-hydrogen) atoms. The number of hydrogen-bond acceptors (Lipinski definition) is 3. The summed E-state index contributed by atoms with van der Waals surface area (Å²) in [6, 6.07) is 0.168. The third kappa shape index (κ3) is 3.19. The predicted molar refractivity (Wildman–Crippen MR) is 66.2 cm³/mol. The van der Waals surface area contributed by atoms with Crippen molar-refractivity contribution in [3.8, 4) is 0 Å². The Kier molecular flexibility index (Phi) is 4.74. The van der Waals surface area contributed by atoms with E-state index in [2.05, 4.69) is 25.8 Å². The quantitative estimate of drug-likeness (QED) is 0.771. The van der Waals surface area contributed by atoms with Gasteiger partial charge in [0.05, 0.1) is 6.04 Å². The van der Waals surface area contributed by atoms with Crippen LogP contribution < -0.4 is 5.73 Å².